The average molecular weight is 311 g/mol. The van der Waals surface area contributed by atoms with Crippen LogP contribution in [-0.2, 0) is 9.84 Å². The first kappa shape index (κ1) is 16.0. The normalized spacial score (nSPS) is 23.3. The summed E-state index contributed by atoms with van der Waals surface area (Å²) in [6.07, 6.45) is 1.10. The molecule has 21 heavy (non-hydrogen) atoms. The second-order valence-corrected chi connectivity index (χ2v) is 7.94. The number of carbonyl (C=O) groups is 1. The van der Waals surface area contributed by atoms with Crippen LogP contribution in [0.15, 0.2) is 29.2 Å². The molecule has 1 aliphatic rings. The number of nitrogens with zero attached hydrogens (tertiary/aromatic N) is 1. The van der Waals surface area contributed by atoms with E-state index in [0.717, 1.165) is 13.0 Å². The van der Waals surface area contributed by atoms with E-state index in [1.54, 1.807) is 0 Å². The van der Waals surface area contributed by atoms with Gasteiger partial charge in [-0.2, -0.15) is 0 Å². The van der Waals surface area contributed by atoms with Gasteiger partial charge in [0.2, 0.25) is 0 Å². The molecule has 1 N–H and O–H groups in total. The van der Waals surface area contributed by atoms with Gasteiger partial charge in [0.15, 0.2) is 9.84 Å². The predicted molar refractivity (Wildman–Crippen MR) is 80.3 cm³/mol. The van der Waals surface area contributed by atoms with Crippen molar-refractivity contribution in [2.75, 3.05) is 18.8 Å². The molecule has 2 unspecified atom stereocenters. The van der Waals surface area contributed by atoms with E-state index in [9.17, 15) is 13.2 Å². The fourth-order valence-corrected chi connectivity index (χ4v) is 4.12. The Hall–Kier alpha value is -1.40. The number of likely N-dealkylation sites (tertiary alicyclic amines) is 1. The van der Waals surface area contributed by atoms with Crippen LogP contribution in [0.5, 0.6) is 0 Å². The summed E-state index contributed by atoms with van der Waals surface area (Å²) in [5.41, 5.74) is 0.0935. The van der Waals surface area contributed by atoms with Gasteiger partial charge in [-0.1, -0.05) is 6.92 Å². The summed E-state index contributed by atoms with van der Waals surface area (Å²) >= 11 is 0. The number of benzene rings is 1. The molecule has 0 aromatic heterocycles. The van der Waals surface area contributed by atoms with Crippen LogP contribution in [0.2, 0.25) is 0 Å². The Morgan fingerprint density at radius 1 is 1.29 bits per heavy atom. The lowest BCUT2D eigenvalue weighted by Gasteiger charge is -2.20. The molecule has 0 bridgehead atoms. The Morgan fingerprint density at radius 2 is 1.90 bits per heavy atom. The number of hydrogen-bond donors (Lipinski definition) is 1. The molecule has 0 amide bonds. The first-order chi connectivity index (χ1) is 9.79. The van der Waals surface area contributed by atoms with Crippen molar-refractivity contribution >= 4 is 15.8 Å². The number of carboxylic acids is 1. The van der Waals surface area contributed by atoms with Crippen LogP contribution in [0.25, 0.3) is 0 Å². The van der Waals surface area contributed by atoms with Crippen LogP contribution in [0.4, 0.5) is 0 Å². The monoisotopic (exact) mass is 311 g/mol. The van der Waals surface area contributed by atoms with E-state index in [0.29, 0.717) is 18.5 Å². The van der Waals surface area contributed by atoms with Gasteiger partial charge in [-0.15, -0.1) is 0 Å². The maximum Gasteiger partial charge on any atom is 0.335 e. The molecule has 2 atom stereocenters. The number of aromatic carboxylic acids is 1. The van der Waals surface area contributed by atoms with Gasteiger partial charge in [-0.3, -0.25) is 4.90 Å². The molecule has 1 heterocycles. The third kappa shape index (κ3) is 3.83. The molecule has 0 radical (unpaired) electrons. The molecule has 1 aliphatic heterocycles. The van der Waals surface area contributed by atoms with Gasteiger partial charge in [0.1, 0.15) is 0 Å². The lowest BCUT2D eigenvalue weighted by molar-refractivity contribution is 0.0696. The molecular weight excluding hydrogens is 290 g/mol. The summed E-state index contributed by atoms with van der Waals surface area (Å²) in [7, 11) is -3.37. The maximum atomic E-state index is 12.3. The topological polar surface area (TPSA) is 74.7 Å². The predicted octanol–water partition coefficient (Wildman–Crippen LogP) is 1.89. The van der Waals surface area contributed by atoms with Crippen LogP contribution in [-0.4, -0.2) is 49.3 Å². The zero-order valence-electron chi connectivity index (χ0n) is 12.3. The number of sulfone groups is 1. The number of hydrogen-bond acceptors (Lipinski definition) is 4. The summed E-state index contributed by atoms with van der Waals surface area (Å²) in [6.45, 7) is 5.76. The van der Waals surface area contributed by atoms with Crippen molar-refractivity contribution in [3.8, 4) is 0 Å². The fraction of sp³-hybridized carbons (Fsp3) is 0.533. The van der Waals surface area contributed by atoms with Crippen molar-refractivity contribution in [1.29, 1.82) is 0 Å². The molecule has 2 rings (SSSR count). The second kappa shape index (κ2) is 6.15. The molecule has 1 aromatic carbocycles. The minimum Gasteiger partial charge on any atom is -0.478 e. The first-order valence-electron chi connectivity index (χ1n) is 7.10. The van der Waals surface area contributed by atoms with Crippen molar-refractivity contribution in [2.24, 2.45) is 5.92 Å². The highest BCUT2D eigenvalue weighted by atomic mass is 32.2. The van der Waals surface area contributed by atoms with Crippen molar-refractivity contribution in [3.05, 3.63) is 29.8 Å². The molecule has 116 valence electrons. The lowest BCUT2D eigenvalue weighted by atomic mass is 10.1. The van der Waals surface area contributed by atoms with E-state index in [4.69, 9.17) is 5.11 Å². The molecule has 0 spiro atoms. The molecule has 1 saturated heterocycles. The van der Waals surface area contributed by atoms with E-state index in [2.05, 4.69) is 18.7 Å². The van der Waals surface area contributed by atoms with E-state index in [1.165, 1.54) is 24.3 Å². The Morgan fingerprint density at radius 3 is 2.38 bits per heavy atom. The minimum atomic E-state index is -3.37. The standard InChI is InChI=1S/C15H21NO4S/c1-11-9-12(2)16(10-11)7-8-21(19,20)14-5-3-13(4-6-14)15(17)18/h3-6,11-12H,7-10H2,1-2H3,(H,17,18). The van der Waals surface area contributed by atoms with E-state index >= 15 is 0 Å². The highest BCUT2D eigenvalue weighted by molar-refractivity contribution is 7.91. The molecule has 0 aliphatic carbocycles. The summed E-state index contributed by atoms with van der Waals surface area (Å²) in [6, 6.07) is 5.82. The summed E-state index contributed by atoms with van der Waals surface area (Å²) in [4.78, 5) is 13.2. The molecule has 1 aromatic rings. The first-order valence-corrected chi connectivity index (χ1v) is 8.75. The Balaban J connectivity index is 2.03. The van der Waals surface area contributed by atoms with Gasteiger partial charge >= 0.3 is 5.97 Å². The molecule has 1 fully saturated rings. The van der Waals surface area contributed by atoms with Crippen LogP contribution >= 0.6 is 0 Å². The van der Waals surface area contributed by atoms with Crippen molar-refractivity contribution < 1.29 is 18.3 Å². The van der Waals surface area contributed by atoms with Crippen LogP contribution in [0.1, 0.15) is 30.6 Å². The molecule has 5 nitrogen and oxygen atoms in total. The summed E-state index contributed by atoms with van der Waals surface area (Å²) in [5.74, 6) is -0.382. The number of carboxylic acid groups (broad SMARTS) is 1. The highest BCUT2D eigenvalue weighted by Gasteiger charge is 2.27. The number of rotatable bonds is 5. The summed E-state index contributed by atoms with van der Waals surface area (Å²) < 4.78 is 24.6. The second-order valence-electron chi connectivity index (χ2n) is 5.83. The molecule has 0 saturated carbocycles. The van der Waals surface area contributed by atoms with Gasteiger partial charge in [-0.25, -0.2) is 13.2 Å². The largest absolute Gasteiger partial charge is 0.478 e. The molecular formula is C15H21NO4S. The zero-order chi connectivity index (χ0) is 15.6. The Kier molecular flexibility index (Phi) is 4.68. The van der Waals surface area contributed by atoms with Crippen LogP contribution in [0.3, 0.4) is 0 Å². The van der Waals surface area contributed by atoms with Gasteiger partial charge in [-0.05, 0) is 43.5 Å². The van der Waals surface area contributed by atoms with E-state index < -0.39 is 15.8 Å². The fourth-order valence-electron chi connectivity index (χ4n) is 2.86. The zero-order valence-corrected chi connectivity index (χ0v) is 13.1. The van der Waals surface area contributed by atoms with Gasteiger partial charge in [0.05, 0.1) is 16.2 Å². The summed E-state index contributed by atoms with van der Waals surface area (Å²) in [5, 5.41) is 8.82. The van der Waals surface area contributed by atoms with Gasteiger partial charge < -0.3 is 5.11 Å². The lowest BCUT2D eigenvalue weighted by Crippen LogP contribution is -2.32. The maximum absolute atomic E-state index is 12.3. The van der Waals surface area contributed by atoms with Crippen molar-refractivity contribution in [2.45, 2.75) is 31.2 Å². The molecule has 6 heteroatoms. The third-order valence-corrected chi connectivity index (χ3v) is 5.73. The van der Waals surface area contributed by atoms with Gasteiger partial charge in [0.25, 0.3) is 0 Å². The average Bonchev–Trinajstić information content (AvgIpc) is 2.75. The van der Waals surface area contributed by atoms with Gasteiger partial charge in [0, 0.05) is 19.1 Å². The van der Waals surface area contributed by atoms with E-state index in [1.807, 2.05) is 0 Å². The SMILES string of the molecule is CC1CC(C)N(CCS(=O)(=O)c2ccc(C(=O)O)cc2)C1. The minimum absolute atomic E-state index is 0.0660. The van der Waals surface area contributed by atoms with Crippen LogP contribution < -0.4 is 0 Å². The third-order valence-electron chi connectivity index (χ3n) is 4.02. The van der Waals surface area contributed by atoms with E-state index in [-0.39, 0.29) is 16.2 Å². The van der Waals surface area contributed by atoms with Crippen molar-refractivity contribution in [3.63, 3.8) is 0 Å². The Bertz CT molecular complexity index is 609. The Labute approximate surface area is 125 Å². The quantitative estimate of drug-likeness (QED) is 0.899. The smallest absolute Gasteiger partial charge is 0.335 e. The van der Waals surface area contributed by atoms with Crippen molar-refractivity contribution in [1.82, 2.24) is 4.90 Å². The highest BCUT2D eigenvalue weighted by Crippen LogP contribution is 2.22. The van der Waals surface area contributed by atoms with Crippen LogP contribution in [0, 0.1) is 5.92 Å².